The summed E-state index contributed by atoms with van der Waals surface area (Å²) in [4.78, 5) is 8.33. The summed E-state index contributed by atoms with van der Waals surface area (Å²) in [5, 5.41) is 3.82. The van der Waals surface area contributed by atoms with Gasteiger partial charge in [0.1, 0.15) is 11.3 Å². The van der Waals surface area contributed by atoms with Crippen LogP contribution in [0.2, 0.25) is 0 Å². The number of imidazole rings is 1. The van der Waals surface area contributed by atoms with E-state index in [9.17, 15) is 4.39 Å². The average Bonchev–Trinajstić information content (AvgIpc) is 2.96. The van der Waals surface area contributed by atoms with Crippen molar-refractivity contribution in [3.63, 3.8) is 0 Å². The van der Waals surface area contributed by atoms with Gasteiger partial charge in [0.15, 0.2) is 11.6 Å². The van der Waals surface area contributed by atoms with Crippen molar-refractivity contribution < 1.29 is 8.91 Å². The van der Waals surface area contributed by atoms with Crippen molar-refractivity contribution in [1.29, 1.82) is 0 Å². The number of hydrogen-bond donors (Lipinski definition) is 0. The maximum atomic E-state index is 13.7. The Morgan fingerprint density at radius 1 is 1.37 bits per heavy atom. The molecule has 0 spiro atoms. The molecule has 2 heterocycles. The van der Waals surface area contributed by atoms with E-state index in [-0.39, 0.29) is 11.7 Å². The molecule has 3 aromatic rings. The zero-order valence-electron chi connectivity index (χ0n) is 10.1. The van der Waals surface area contributed by atoms with Gasteiger partial charge in [0.25, 0.3) is 0 Å². The molecule has 0 N–H and O–H groups in total. The standard InChI is InChI=1S/C12H10ClFN4O/c1-7-15-10(17-19-7)6-18-9-4-2-3-8(14)12(9)16-11(18)5-13/h2-4H,5-6H2,1H3. The fourth-order valence-corrected chi connectivity index (χ4v) is 2.19. The second-order valence-electron chi connectivity index (χ2n) is 4.08. The van der Waals surface area contributed by atoms with E-state index >= 15 is 0 Å². The topological polar surface area (TPSA) is 56.7 Å². The minimum absolute atomic E-state index is 0.185. The molecule has 7 heteroatoms. The van der Waals surface area contributed by atoms with Gasteiger partial charge in [-0.25, -0.2) is 9.37 Å². The van der Waals surface area contributed by atoms with Crippen LogP contribution < -0.4 is 0 Å². The van der Waals surface area contributed by atoms with E-state index in [1.807, 2.05) is 0 Å². The van der Waals surface area contributed by atoms with E-state index in [2.05, 4.69) is 15.1 Å². The van der Waals surface area contributed by atoms with Crippen molar-refractivity contribution in [2.75, 3.05) is 0 Å². The first kappa shape index (κ1) is 12.1. The highest BCUT2D eigenvalue weighted by Gasteiger charge is 2.15. The zero-order chi connectivity index (χ0) is 13.4. The van der Waals surface area contributed by atoms with Crippen molar-refractivity contribution in [1.82, 2.24) is 19.7 Å². The third kappa shape index (κ3) is 2.08. The SMILES string of the molecule is Cc1nc(Cn2c(CCl)nc3c(F)cccc32)no1. The lowest BCUT2D eigenvalue weighted by Crippen LogP contribution is -2.05. The molecule has 0 fully saturated rings. The molecule has 5 nitrogen and oxygen atoms in total. The maximum Gasteiger partial charge on any atom is 0.223 e. The van der Waals surface area contributed by atoms with Crippen LogP contribution in [0.1, 0.15) is 17.5 Å². The number of rotatable bonds is 3. The van der Waals surface area contributed by atoms with Crippen molar-refractivity contribution >= 4 is 22.6 Å². The van der Waals surface area contributed by atoms with E-state index in [1.54, 1.807) is 23.6 Å². The van der Waals surface area contributed by atoms with Gasteiger partial charge in [0.05, 0.1) is 17.9 Å². The van der Waals surface area contributed by atoms with Crippen molar-refractivity contribution in [2.45, 2.75) is 19.3 Å². The Morgan fingerprint density at radius 3 is 2.89 bits per heavy atom. The number of nitrogens with zero attached hydrogens (tertiary/aromatic N) is 4. The first-order chi connectivity index (χ1) is 9.19. The first-order valence-electron chi connectivity index (χ1n) is 5.68. The Kier molecular flexibility index (Phi) is 2.94. The number of benzene rings is 1. The molecule has 0 saturated carbocycles. The van der Waals surface area contributed by atoms with Crippen LogP contribution in [-0.2, 0) is 12.4 Å². The fourth-order valence-electron chi connectivity index (χ4n) is 1.99. The van der Waals surface area contributed by atoms with Gasteiger partial charge in [-0.05, 0) is 12.1 Å². The molecule has 0 unspecified atom stereocenters. The van der Waals surface area contributed by atoms with Crippen LogP contribution in [-0.4, -0.2) is 19.7 Å². The Balaban J connectivity index is 2.13. The highest BCUT2D eigenvalue weighted by molar-refractivity contribution is 6.16. The Labute approximate surface area is 113 Å². The summed E-state index contributed by atoms with van der Waals surface area (Å²) in [7, 11) is 0. The summed E-state index contributed by atoms with van der Waals surface area (Å²) >= 11 is 5.86. The second-order valence-corrected chi connectivity index (χ2v) is 4.35. The highest BCUT2D eigenvalue weighted by Crippen LogP contribution is 2.21. The summed E-state index contributed by atoms with van der Waals surface area (Å²) < 4.78 is 20.4. The Hall–Kier alpha value is -1.95. The smallest absolute Gasteiger partial charge is 0.223 e. The minimum atomic E-state index is -0.369. The first-order valence-corrected chi connectivity index (χ1v) is 6.21. The average molecular weight is 281 g/mol. The Morgan fingerprint density at radius 2 is 2.21 bits per heavy atom. The van der Waals surface area contributed by atoms with Gasteiger partial charge in [0, 0.05) is 6.92 Å². The monoisotopic (exact) mass is 280 g/mol. The number of alkyl halides is 1. The summed E-state index contributed by atoms with van der Waals surface area (Å²) in [6, 6.07) is 4.79. The summed E-state index contributed by atoms with van der Waals surface area (Å²) in [6.07, 6.45) is 0. The predicted molar refractivity (Wildman–Crippen MR) is 67.4 cm³/mol. The number of aromatic nitrogens is 4. The van der Waals surface area contributed by atoms with E-state index in [1.165, 1.54) is 6.07 Å². The molecular weight excluding hydrogens is 271 g/mol. The molecule has 1 aromatic carbocycles. The van der Waals surface area contributed by atoms with E-state index < -0.39 is 0 Å². The number of fused-ring (bicyclic) bond motifs is 1. The van der Waals surface area contributed by atoms with Crippen LogP contribution in [0.25, 0.3) is 11.0 Å². The quantitative estimate of drug-likeness (QED) is 0.692. The lowest BCUT2D eigenvalue weighted by molar-refractivity contribution is 0.386. The Bertz CT molecular complexity index is 736. The van der Waals surface area contributed by atoms with E-state index in [0.29, 0.717) is 35.1 Å². The van der Waals surface area contributed by atoms with Gasteiger partial charge in [-0.1, -0.05) is 11.2 Å². The van der Waals surface area contributed by atoms with E-state index in [0.717, 1.165) is 0 Å². The maximum absolute atomic E-state index is 13.7. The largest absolute Gasteiger partial charge is 0.340 e. The molecule has 0 aliphatic rings. The van der Waals surface area contributed by atoms with Gasteiger partial charge in [0.2, 0.25) is 5.89 Å². The van der Waals surface area contributed by atoms with Crippen LogP contribution >= 0.6 is 11.6 Å². The van der Waals surface area contributed by atoms with E-state index in [4.69, 9.17) is 16.1 Å². The van der Waals surface area contributed by atoms with Crippen LogP contribution in [0.15, 0.2) is 22.7 Å². The third-order valence-electron chi connectivity index (χ3n) is 2.80. The van der Waals surface area contributed by atoms with Crippen LogP contribution in [0.5, 0.6) is 0 Å². The highest BCUT2D eigenvalue weighted by atomic mass is 35.5. The normalized spacial score (nSPS) is 11.3. The molecule has 0 radical (unpaired) electrons. The second kappa shape index (κ2) is 4.62. The molecule has 0 bridgehead atoms. The summed E-state index contributed by atoms with van der Waals surface area (Å²) in [6.45, 7) is 2.06. The molecule has 0 amide bonds. The van der Waals surface area contributed by atoms with Gasteiger partial charge in [-0.2, -0.15) is 4.98 Å². The van der Waals surface area contributed by atoms with Gasteiger partial charge >= 0.3 is 0 Å². The molecule has 3 rings (SSSR count). The van der Waals surface area contributed by atoms with Crippen molar-refractivity contribution in [2.24, 2.45) is 0 Å². The molecule has 0 aliphatic carbocycles. The van der Waals surface area contributed by atoms with Gasteiger partial charge < -0.3 is 9.09 Å². The third-order valence-corrected chi connectivity index (χ3v) is 3.04. The molecule has 98 valence electrons. The van der Waals surface area contributed by atoms with Gasteiger partial charge in [-0.3, -0.25) is 0 Å². The lowest BCUT2D eigenvalue weighted by Gasteiger charge is -2.03. The van der Waals surface area contributed by atoms with Crippen LogP contribution in [0.3, 0.4) is 0 Å². The van der Waals surface area contributed by atoms with Crippen molar-refractivity contribution in [3.8, 4) is 0 Å². The van der Waals surface area contributed by atoms with Crippen molar-refractivity contribution in [3.05, 3.63) is 41.6 Å². The number of para-hydroxylation sites is 1. The summed E-state index contributed by atoms with van der Waals surface area (Å²) in [5.74, 6) is 1.38. The minimum Gasteiger partial charge on any atom is -0.340 e. The fraction of sp³-hybridized carbons (Fsp3) is 0.250. The predicted octanol–water partition coefficient (Wildman–Crippen LogP) is 2.65. The lowest BCUT2D eigenvalue weighted by atomic mass is 10.3. The molecule has 0 aliphatic heterocycles. The molecule has 0 atom stereocenters. The van der Waals surface area contributed by atoms with Crippen LogP contribution in [0, 0.1) is 12.7 Å². The van der Waals surface area contributed by atoms with Crippen LogP contribution in [0.4, 0.5) is 4.39 Å². The number of hydrogen-bond acceptors (Lipinski definition) is 4. The zero-order valence-corrected chi connectivity index (χ0v) is 10.9. The molecular formula is C12H10ClFN4O. The summed E-state index contributed by atoms with van der Waals surface area (Å²) in [5.41, 5.74) is 0.969. The number of aryl methyl sites for hydroxylation is 1. The molecule has 0 saturated heterocycles. The number of halogens is 2. The molecule has 2 aromatic heterocycles. The van der Waals surface area contributed by atoms with Gasteiger partial charge in [-0.15, -0.1) is 11.6 Å². The molecule has 19 heavy (non-hydrogen) atoms.